The van der Waals surface area contributed by atoms with Gasteiger partial charge in [-0.3, -0.25) is 0 Å². The van der Waals surface area contributed by atoms with Crippen LogP contribution < -0.4 is 0 Å². The molecule has 24 heteroatoms. The number of carbonyl (C=O) groups excluding carboxylic acids is 8. The van der Waals surface area contributed by atoms with Gasteiger partial charge >= 0.3 is 47.8 Å². The molecule has 4 fully saturated rings. The Kier molecular flexibility index (Phi) is 26.1. The Hall–Kier alpha value is -5.44. The number of methoxy groups -OCH3 is 6. The first-order chi connectivity index (χ1) is 31.6. The van der Waals surface area contributed by atoms with Gasteiger partial charge in [0.05, 0.1) is 42.7 Å². The molecular formula is C43H62O24. The highest BCUT2D eigenvalue weighted by atomic mass is 16.8. The Morgan fingerprint density at radius 2 is 0.672 bits per heavy atom. The van der Waals surface area contributed by atoms with Crippen molar-refractivity contribution in [2.24, 2.45) is 0 Å². The van der Waals surface area contributed by atoms with Gasteiger partial charge in [-0.05, 0) is 47.0 Å². The van der Waals surface area contributed by atoms with Gasteiger partial charge in [0.25, 0.3) is 0 Å². The van der Waals surface area contributed by atoms with E-state index < -0.39 is 121 Å². The molecule has 0 bridgehead atoms. The fourth-order valence-corrected chi connectivity index (χ4v) is 5.90. The number of terminal acetylenes is 2. The molecule has 4 aliphatic rings. The fourth-order valence-electron chi connectivity index (χ4n) is 5.90. The van der Waals surface area contributed by atoms with Crippen LogP contribution in [0.4, 0.5) is 0 Å². The zero-order valence-corrected chi connectivity index (χ0v) is 39.7. The van der Waals surface area contributed by atoms with Crippen molar-refractivity contribution in [1.29, 1.82) is 0 Å². The maximum absolute atomic E-state index is 11.7. The Balaban J connectivity index is 0.000000448. The number of unbranched alkanes of at least 4 members (excludes halogenated alkanes) is 1. The van der Waals surface area contributed by atoms with Crippen LogP contribution in [-0.4, -0.2) is 177 Å². The van der Waals surface area contributed by atoms with Gasteiger partial charge in [-0.15, -0.1) is 12.8 Å². The summed E-state index contributed by atoms with van der Waals surface area (Å²) >= 11 is 0. The predicted molar refractivity (Wildman–Crippen MR) is 221 cm³/mol. The van der Waals surface area contributed by atoms with E-state index in [1.807, 2.05) is 13.8 Å². The fraction of sp³-hybridized carbons (Fsp3) is 0.721. The van der Waals surface area contributed by atoms with Crippen LogP contribution in [-0.2, 0) is 114 Å². The van der Waals surface area contributed by atoms with E-state index in [2.05, 4.69) is 40.3 Å². The van der Waals surface area contributed by atoms with Gasteiger partial charge in [0.1, 0.15) is 0 Å². The molecule has 0 radical (unpaired) electrons. The second-order valence-electron chi connectivity index (χ2n) is 14.7. The van der Waals surface area contributed by atoms with Gasteiger partial charge in [-0.2, -0.15) is 0 Å². The van der Waals surface area contributed by atoms with E-state index in [1.165, 1.54) is 42.7 Å². The van der Waals surface area contributed by atoms with Crippen molar-refractivity contribution in [2.45, 2.75) is 147 Å². The minimum atomic E-state index is -1.23. The molecule has 4 aliphatic heterocycles. The number of hydrogen-bond donors (Lipinski definition) is 0. The Morgan fingerprint density at radius 3 is 0.910 bits per heavy atom. The Labute approximate surface area is 388 Å². The van der Waals surface area contributed by atoms with E-state index in [1.54, 1.807) is 27.7 Å². The van der Waals surface area contributed by atoms with E-state index in [-0.39, 0.29) is 13.2 Å². The lowest BCUT2D eigenvalue weighted by molar-refractivity contribution is -0.172. The molecule has 24 nitrogen and oxygen atoms in total. The highest BCUT2D eigenvalue weighted by molar-refractivity contribution is 5.88. The van der Waals surface area contributed by atoms with Crippen LogP contribution in [0.3, 0.4) is 0 Å². The third-order valence-corrected chi connectivity index (χ3v) is 8.92. The van der Waals surface area contributed by atoms with E-state index in [9.17, 15) is 38.4 Å². The lowest BCUT2D eigenvalue weighted by Crippen LogP contribution is -2.39. The first-order valence-corrected chi connectivity index (χ1v) is 20.6. The molecule has 0 amide bonds. The van der Waals surface area contributed by atoms with Crippen LogP contribution in [0.5, 0.6) is 0 Å². The van der Waals surface area contributed by atoms with Gasteiger partial charge in [-0.25, -0.2) is 38.4 Å². The third kappa shape index (κ3) is 18.6. The maximum atomic E-state index is 11.7. The topological polar surface area (TPSA) is 284 Å². The predicted octanol–water partition coefficient (Wildman–Crippen LogP) is 0.587. The number of esters is 8. The van der Waals surface area contributed by atoms with E-state index >= 15 is 0 Å². The Bertz CT molecular complexity index is 1630. The summed E-state index contributed by atoms with van der Waals surface area (Å²) < 4.78 is 79.0. The van der Waals surface area contributed by atoms with Crippen molar-refractivity contribution >= 4 is 47.8 Å². The molecule has 8 atom stereocenters. The second-order valence-corrected chi connectivity index (χ2v) is 14.7. The SMILES string of the molecule is C#CCOC(=O)C1OC(C)(C)OC1C(=O)OCC#C.CCCC1OC(C(=O)OC)C(C(=O)OC)O1.CCCCC1OC(C(=O)OC)C(C(=O)OC)O1.COC(=O)C1OC(C)(C)OC1C(=O)OC. The lowest BCUT2D eigenvalue weighted by Gasteiger charge is -2.15. The maximum Gasteiger partial charge on any atom is 0.339 e. The zero-order chi connectivity index (χ0) is 51.1. The highest BCUT2D eigenvalue weighted by Gasteiger charge is 2.52. The van der Waals surface area contributed by atoms with E-state index in [4.69, 9.17) is 60.2 Å². The summed E-state index contributed by atoms with van der Waals surface area (Å²) in [4.78, 5) is 91.6. The molecule has 4 saturated heterocycles. The number of rotatable bonds is 15. The summed E-state index contributed by atoms with van der Waals surface area (Å²) in [5.74, 6) is -3.23. The summed E-state index contributed by atoms with van der Waals surface area (Å²) in [5, 5.41) is 0. The molecule has 0 aromatic rings. The van der Waals surface area contributed by atoms with Crippen LogP contribution in [0.2, 0.25) is 0 Å². The summed E-state index contributed by atoms with van der Waals surface area (Å²) in [6.45, 7) is 9.87. The smallest absolute Gasteiger partial charge is 0.339 e. The average Bonchev–Trinajstić information content (AvgIpc) is 4.11. The van der Waals surface area contributed by atoms with E-state index in [0.29, 0.717) is 12.8 Å². The highest BCUT2D eigenvalue weighted by Crippen LogP contribution is 2.31. The standard InChI is InChI=1S/C13H14O6.C11H18O6.C10H16O6.C9H14O6/c1-5-7-16-11(14)9-10(12(15)17-8-6-2)19-13(3,4)18-9;1-4-5-6-7-16-8(10(12)14-2)9(17-7)11(13)15-3;1-4-5-6-15-7(9(11)13-2)8(16-6)10(12)14-3;1-9(2)14-5(7(10)12-3)6(15-9)8(11)13-4/h1-2,9-10H,7-8H2,3-4H3;7-9H,4-6H2,1-3H3;6-8H,4-5H2,1-3H3;5-6H,1-4H3. The Morgan fingerprint density at radius 1 is 0.418 bits per heavy atom. The van der Waals surface area contributed by atoms with Gasteiger partial charge in [0, 0.05) is 0 Å². The summed E-state index contributed by atoms with van der Waals surface area (Å²) in [6.07, 6.45) is 4.06. The van der Waals surface area contributed by atoms with Crippen molar-refractivity contribution in [1.82, 2.24) is 0 Å². The third-order valence-electron chi connectivity index (χ3n) is 8.92. The number of carbonyl (C=O) groups is 8. The largest absolute Gasteiger partial charge is 0.467 e. The number of hydrogen-bond acceptors (Lipinski definition) is 24. The molecule has 8 unspecified atom stereocenters. The van der Waals surface area contributed by atoms with Crippen LogP contribution in [0.1, 0.15) is 73.6 Å². The molecule has 0 aromatic carbocycles. The quantitative estimate of drug-likeness (QED) is 0.123. The van der Waals surface area contributed by atoms with Crippen molar-refractivity contribution in [3.63, 3.8) is 0 Å². The normalized spacial score (nSPS) is 27.1. The molecule has 4 rings (SSSR count). The minimum absolute atomic E-state index is 0.217. The van der Waals surface area contributed by atoms with Gasteiger partial charge in [0.15, 0.2) is 86.2 Å². The second kappa shape index (κ2) is 29.3. The average molecular weight is 963 g/mol. The molecule has 378 valence electrons. The number of ether oxygens (including phenoxy) is 16. The van der Waals surface area contributed by atoms with Crippen molar-refractivity contribution in [3.05, 3.63) is 0 Å². The summed E-state index contributed by atoms with van der Waals surface area (Å²) in [6, 6.07) is 0. The van der Waals surface area contributed by atoms with E-state index in [0.717, 1.165) is 19.3 Å². The molecule has 0 aliphatic carbocycles. The van der Waals surface area contributed by atoms with Gasteiger partial charge in [0.2, 0.25) is 0 Å². The van der Waals surface area contributed by atoms with Gasteiger partial charge < -0.3 is 75.8 Å². The van der Waals surface area contributed by atoms with Crippen LogP contribution in [0, 0.1) is 24.7 Å². The van der Waals surface area contributed by atoms with Crippen LogP contribution in [0.25, 0.3) is 0 Å². The summed E-state index contributed by atoms with van der Waals surface area (Å²) in [5.41, 5.74) is 0. The molecule has 67 heavy (non-hydrogen) atoms. The monoisotopic (exact) mass is 962 g/mol. The molecule has 0 N–H and O–H groups in total. The first-order valence-electron chi connectivity index (χ1n) is 20.6. The molecule has 0 saturated carbocycles. The molecule has 0 spiro atoms. The lowest BCUT2D eigenvalue weighted by atomic mass is 10.2. The molecule has 4 heterocycles. The van der Waals surface area contributed by atoms with Crippen molar-refractivity contribution in [2.75, 3.05) is 55.9 Å². The minimum Gasteiger partial charge on any atom is -0.467 e. The van der Waals surface area contributed by atoms with Crippen molar-refractivity contribution < 1.29 is 114 Å². The van der Waals surface area contributed by atoms with Crippen molar-refractivity contribution in [3.8, 4) is 24.7 Å². The zero-order valence-electron chi connectivity index (χ0n) is 39.7. The van der Waals surface area contributed by atoms with Gasteiger partial charge in [-0.1, -0.05) is 38.5 Å². The van der Waals surface area contributed by atoms with Crippen LogP contribution >= 0.6 is 0 Å². The summed E-state index contributed by atoms with van der Waals surface area (Å²) in [7, 11) is 7.36. The molecule has 0 aromatic heterocycles. The first kappa shape index (κ1) is 59.6. The van der Waals surface area contributed by atoms with Crippen LogP contribution in [0.15, 0.2) is 0 Å². The molecular weight excluding hydrogens is 900 g/mol.